The van der Waals surface area contributed by atoms with Crippen molar-refractivity contribution < 1.29 is 4.79 Å². The molecule has 0 radical (unpaired) electrons. The number of carbonyl (C=O) groups excluding carboxylic acids is 1. The van der Waals surface area contributed by atoms with Gasteiger partial charge in [-0.25, -0.2) is 0 Å². The molecular weight excluding hydrogens is 256 g/mol. The second kappa shape index (κ2) is 7.85. The van der Waals surface area contributed by atoms with Crippen molar-refractivity contribution in [1.29, 1.82) is 5.26 Å². The lowest BCUT2D eigenvalue weighted by Gasteiger charge is -2.15. The monoisotopic (exact) mass is 276 g/mol. The molecule has 0 atom stereocenters. The predicted octanol–water partition coefficient (Wildman–Crippen LogP) is 3.27. The van der Waals surface area contributed by atoms with Gasteiger partial charge in [-0.2, -0.15) is 5.26 Å². The van der Waals surface area contributed by atoms with Crippen LogP contribution in [0.4, 0.5) is 0 Å². The van der Waals surface area contributed by atoms with Crippen molar-refractivity contribution in [3.8, 4) is 6.07 Å². The minimum absolute atomic E-state index is 0.0631. The van der Waals surface area contributed by atoms with E-state index in [-0.39, 0.29) is 5.91 Å². The second-order valence-corrected chi connectivity index (χ2v) is 5.78. The third kappa shape index (κ3) is 5.35. The molecule has 4 heteroatoms. The molecule has 1 amide bonds. The van der Waals surface area contributed by atoms with Crippen molar-refractivity contribution in [1.82, 2.24) is 4.90 Å². The van der Waals surface area contributed by atoms with Crippen molar-refractivity contribution >= 4 is 17.7 Å². The van der Waals surface area contributed by atoms with Gasteiger partial charge in [0.2, 0.25) is 5.91 Å². The van der Waals surface area contributed by atoms with E-state index >= 15 is 0 Å². The summed E-state index contributed by atoms with van der Waals surface area (Å²) in [6.07, 6.45) is 0.385. The van der Waals surface area contributed by atoms with Crippen molar-refractivity contribution in [2.75, 3.05) is 19.3 Å². The number of benzene rings is 1. The summed E-state index contributed by atoms with van der Waals surface area (Å²) < 4.78 is 0. The molecule has 102 valence electrons. The van der Waals surface area contributed by atoms with E-state index in [1.54, 1.807) is 11.9 Å². The Bertz CT molecular complexity index is 448. The zero-order chi connectivity index (χ0) is 14.3. The molecule has 0 aliphatic rings. The van der Waals surface area contributed by atoms with Crippen LogP contribution in [0.5, 0.6) is 0 Å². The van der Waals surface area contributed by atoms with Crippen LogP contribution in [0, 0.1) is 11.3 Å². The molecule has 0 bridgehead atoms. The first-order chi connectivity index (χ1) is 9.04. The lowest BCUT2D eigenvalue weighted by atomic mass is 10.0. The van der Waals surface area contributed by atoms with Crippen LogP contribution < -0.4 is 0 Å². The van der Waals surface area contributed by atoms with Gasteiger partial charge in [0, 0.05) is 18.5 Å². The summed E-state index contributed by atoms with van der Waals surface area (Å²) in [6.45, 7) is 4.83. The molecule has 1 aromatic rings. The molecule has 0 aliphatic heterocycles. The summed E-state index contributed by atoms with van der Waals surface area (Å²) in [5, 5.41) is 8.48. The van der Waals surface area contributed by atoms with Gasteiger partial charge < -0.3 is 4.90 Å². The molecule has 0 saturated carbocycles. The molecule has 0 spiro atoms. The zero-order valence-electron chi connectivity index (χ0n) is 11.7. The van der Waals surface area contributed by atoms with E-state index in [2.05, 4.69) is 38.1 Å². The van der Waals surface area contributed by atoms with Gasteiger partial charge >= 0.3 is 0 Å². The molecule has 0 fully saturated rings. The molecule has 0 heterocycles. The van der Waals surface area contributed by atoms with Crippen molar-refractivity contribution in [2.24, 2.45) is 0 Å². The average Bonchev–Trinajstić information content (AvgIpc) is 2.42. The smallest absolute Gasteiger partial charge is 0.232 e. The fraction of sp³-hybridized carbons (Fsp3) is 0.467. The minimum atomic E-state index is 0.0631. The number of rotatable bonds is 6. The molecule has 0 N–H and O–H groups in total. The second-order valence-electron chi connectivity index (χ2n) is 4.74. The molecule has 3 nitrogen and oxygen atoms in total. The SMILES string of the molecule is CC(C)c1ccc(SCC(=O)N(C)CCC#N)cc1. The van der Waals surface area contributed by atoms with Gasteiger partial charge in [-0.15, -0.1) is 11.8 Å². The van der Waals surface area contributed by atoms with Gasteiger partial charge in [0.1, 0.15) is 0 Å². The third-order valence-corrected chi connectivity index (χ3v) is 3.89. The highest BCUT2D eigenvalue weighted by atomic mass is 32.2. The van der Waals surface area contributed by atoms with E-state index in [1.807, 2.05) is 6.07 Å². The summed E-state index contributed by atoms with van der Waals surface area (Å²) in [5.74, 6) is 1.01. The molecular formula is C15H20N2OS. The molecule has 1 aromatic carbocycles. The molecule has 19 heavy (non-hydrogen) atoms. The number of nitrogens with zero attached hydrogens (tertiary/aromatic N) is 2. The Labute approximate surface area is 119 Å². The van der Waals surface area contributed by atoms with Crippen LogP contribution in [0.3, 0.4) is 0 Å². The fourth-order valence-corrected chi connectivity index (χ4v) is 2.39. The first kappa shape index (κ1) is 15.6. The van der Waals surface area contributed by atoms with Crippen LogP contribution in [0.15, 0.2) is 29.2 Å². The largest absolute Gasteiger partial charge is 0.344 e. The Kier molecular flexibility index (Phi) is 6.44. The van der Waals surface area contributed by atoms with Gasteiger partial charge in [-0.1, -0.05) is 26.0 Å². The summed E-state index contributed by atoms with van der Waals surface area (Å²) in [6, 6.07) is 10.4. The lowest BCUT2D eigenvalue weighted by molar-refractivity contribution is -0.127. The Hall–Kier alpha value is -1.47. The maximum atomic E-state index is 11.8. The first-order valence-electron chi connectivity index (χ1n) is 6.38. The molecule has 1 rings (SSSR count). The van der Waals surface area contributed by atoms with Crippen molar-refractivity contribution in [3.63, 3.8) is 0 Å². The summed E-state index contributed by atoms with van der Waals surface area (Å²) >= 11 is 1.54. The zero-order valence-corrected chi connectivity index (χ0v) is 12.5. The van der Waals surface area contributed by atoms with E-state index in [0.29, 0.717) is 24.6 Å². The Morgan fingerprint density at radius 1 is 1.37 bits per heavy atom. The quantitative estimate of drug-likeness (QED) is 0.749. The van der Waals surface area contributed by atoms with Gasteiger partial charge in [0.15, 0.2) is 0 Å². The summed E-state index contributed by atoms with van der Waals surface area (Å²) in [7, 11) is 1.74. The molecule has 0 aliphatic carbocycles. The highest BCUT2D eigenvalue weighted by Gasteiger charge is 2.08. The molecule has 0 saturated heterocycles. The Morgan fingerprint density at radius 2 is 2.00 bits per heavy atom. The van der Waals surface area contributed by atoms with Gasteiger partial charge in [-0.3, -0.25) is 4.79 Å². The summed E-state index contributed by atoms with van der Waals surface area (Å²) in [5.41, 5.74) is 1.31. The van der Waals surface area contributed by atoms with Crippen LogP contribution in [0.1, 0.15) is 31.7 Å². The van der Waals surface area contributed by atoms with E-state index in [4.69, 9.17) is 5.26 Å². The summed E-state index contributed by atoms with van der Waals surface area (Å²) in [4.78, 5) is 14.5. The van der Waals surface area contributed by atoms with Gasteiger partial charge in [-0.05, 0) is 23.6 Å². The van der Waals surface area contributed by atoms with Crippen LogP contribution in [0.25, 0.3) is 0 Å². The van der Waals surface area contributed by atoms with Crippen LogP contribution in [-0.4, -0.2) is 30.2 Å². The van der Waals surface area contributed by atoms with E-state index in [0.717, 1.165) is 4.90 Å². The maximum Gasteiger partial charge on any atom is 0.232 e. The Balaban J connectivity index is 2.44. The van der Waals surface area contributed by atoms with E-state index < -0.39 is 0 Å². The fourth-order valence-electron chi connectivity index (χ4n) is 1.55. The molecule has 0 unspecified atom stereocenters. The van der Waals surface area contributed by atoms with E-state index in [9.17, 15) is 4.79 Å². The Morgan fingerprint density at radius 3 is 2.53 bits per heavy atom. The third-order valence-electron chi connectivity index (χ3n) is 2.89. The standard InChI is InChI=1S/C15H20N2OS/c1-12(2)13-5-7-14(8-6-13)19-11-15(18)17(3)10-4-9-16/h5-8,12H,4,10-11H2,1-3H3. The van der Waals surface area contributed by atoms with Gasteiger partial charge in [0.05, 0.1) is 18.2 Å². The minimum Gasteiger partial charge on any atom is -0.344 e. The predicted molar refractivity (Wildman–Crippen MR) is 79.1 cm³/mol. The number of nitriles is 1. The number of carbonyl (C=O) groups is 1. The number of amides is 1. The number of thioether (sulfide) groups is 1. The lowest BCUT2D eigenvalue weighted by Crippen LogP contribution is -2.29. The van der Waals surface area contributed by atoms with Crippen molar-refractivity contribution in [2.45, 2.75) is 31.1 Å². The van der Waals surface area contributed by atoms with Gasteiger partial charge in [0.25, 0.3) is 0 Å². The van der Waals surface area contributed by atoms with E-state index in [1.165, 1.54) is 17.3 Å². The number of hydrogen-bond donors (Lipinski definition) is 0. The average molecular weight is 276 g/mol. The van der Waals surface area contributed by atoms with Crippen LogP contribution >= 0.6 is 11.8 Å². The van der Waals surface area contributed by atoms with Crippen LogP contribution in [0.2, 0.25) is 0 Å². The van der Waals surface area contributed by atoms with Crippen LogP contribution in [-0.2, 0) is 4.79 Å². The first-order valence-corrected chi connectivity index (χ1v) is 7.37. The topological polar surface area (TPSA) is 44.1 Å². The normalized spacial score (nSPS) is 10.3. The highest BCUT2D eigenvalue weighted by Crippen LogP contribution is 2.21. The highest BCUT2D eigenvalue weighted by molar-refractivity contribution is 8.00. The number of hydrogen-bond acceptors (Lipinski definition) is 3. The van der Waals surface area contributed by atoms with Crippen molar-refractivity contribution in [3.05, 3.63) is 29.8 Å². The molecule has 0 aromatic heterocycles. The maximum absolute atomic E-state index is 11.8.